The number of hydrogen-bond donors (Lipinski definition) is 4. The van der Waals surface area contributed by atoms with Gasteiger partial charge in [0.15, 0.2) is 6.61 Å². The van der Waals surface area contributed by atoms with Crippen molar-refractivity contribution in [2.45, 2.75) is 19.8 Å². The average Bonchev–Trinajstić information content (AvgIpc) is 2.90. The summed E-state index contributed by atoms with van der Waals surface area (Å²) in [7, 11) is 0. The number of aromatic amines is 2. The fourth-order valence-electron chi connectivity index (χ4n) is 2.10. The number of benzene rings is 1. The summed E-state index contributed by atoms with van der Waals surface area (Å²) in [6.45, 7) is 1.28. The average molecular weight is 346 g/mol. The van der Waals surface area contributed by atoms with Gasteiger partial charge >= 0.3 is 5.97 Å². The van der Waals surface area contributed by atoms with Crippen molar-refractivity contribution in [3.63, 3.8) is 0 Å². The summed E-state index contributed by atoms with van der Waals surface area (Å²) in [5, 5.41) is 17.6. The quantitative estimate of drug-likeness (QED) is 0.409. The SMILES string of the molecule is Cc1[nH][nH]c(=O)c1CCC(=O)N/N=C\c1ccccc1OCC(=O)O. The first-order chi connectivity index (χ1) is 12.0. The molecule has 1 heterocycles. The zero-order chi connectivity index (χ0) is 18.2. The minimum absolute atomic E-state index is 0.107. The van der Waals surface area contributed by atoms with Gasteiger partial charge in [0.2, 0.25) is 5.91 Å². The molecular weight excluding hydrogens is 328 g/mol. The molecule has 2 aromatic rings. The largest absolute Gasteiger partial charge is 0.481 e. The second-order valence-corrected chi connectivity index (χ2v) is 5.20. The van der Waals surface area contributed by atoms with Crippen molar-refractivity contribution in [1.82, 2.24) is 15.6 Å². The molecule has 9 heteroatoms. The number of hydrogen-bond acceptors (Lipinski definition) is 5. The molecule has 0 aliphatic heterocycles. The van der Waals surface area contributed by atoms with Crippen molar-refractivity contribution in [2.24, 2.45) is 5.10 Å². The maximum atomic E-state index is 11.8. The molecule has 0 saturated carbocycles. The van der Waals surface area contributed by atoms with Crippen LogP contribution in [0.2, 0.25) is 0 Å². The molecule has 0 fully saturated rings. The number of ether oxygens (including phenoxy) is 1. The fraction of sp³-hybridized carbons (Fsp3) is 0.250. The number of aryl methyl sites for hydroxylation is 1. The standard InChI is InChI=1S/C16H18N4O5/c1-10-12(16(24)20-18-10)6-7-14(21)19-17-8-11-4-2-3-5-13(11)25-9-15(22)23/h2-5,8H,6-7,9H2,1H3,(H,19,21)(H,22,23)(H2,18,20,24)/b17-8-. The molecule has 132 valence electrons. The highest BCUT2D eigenvalue weighted by Crippen LogP contribution is 2.15. The topological polar surface area (TPSA) is 137 Å². The van der Waals surface area contributed by atoms with Gasteiger partial charge in [0, 0.05) is 23.2 Å². The highest BCUT2D eigenvalue weighted by Gasteiger charge is 2.09. The summed E-state index contributed by atoms with van der Waals surface area (Å²) in [5.41, 5.74) is 3.89. The van der Waals surface area contributed by atoms with Gasteiger partial charge in [-0.3, -0.25) is 14.7 Å². The van der Waals surface area contributed by atoms with E-state index >= 15 is 0 Å². The van der Waals surface area contributed by atoms with E-state index < -0.39 is 12.6 Å². The van der Waals surface area contributed by atoms with Crippen LogP contribution in [0.5, 0.6) is 5.75 Å². The summed E-state index contributed by atoms with van der Waals surface area (Å²) in [6, 6.07) is 6.71. The van der Waals surface area contributed by atoms with Crippen molar-refractivity contribution in [3.05, 3.63) is 51.4 Å². The van der Waals surface area contributed by atoms with Crippen LogP contribution < -0.4 is 15.7 Å². The number of nitrogens with one attached hydrogen (secondary N) is 3. The molecular formula is C16H18N4O5. The van der Waals surface area contributed by atoms with Gasteiger partial charge in [-0.25, -0.2) is 10.2 Å². The maximum Gasteiger partial charge on any atom is 0.341 e. The van der Waals surface area contributed by atoms with Crippen molar-refractivity contribution >= 4 is 18.1 Å². The molecule has 0 spiro atoms. The lowest BCUT2D eigenvalue weighted by atomic mass is 10.1. The van der Waals surface area contributed by atoms with E-state index in [1.54, 1.807) is 31.2 Å². The molecule has 1 aromatic heterocycles. The van der Waals surface area contributed by atoms with Crippen LogP contribution in [-0.2, 0) is 16.0 Å². The Balaban J connectivity index is 1.89. The number of hydrazone groups is 1. The summed E-state index contributed by atoms with van der Waals surface area (Å²) in [6.07, 6.45) is 1.77. The molecule has 0 radical (unpaired) electrons. The predicted molar refractivity (Wildman–Crippen MR) is 89.8 cm³/mol. The van der Waals surface area contributed by atoms with Crippen molar-refractivity contribution in [3.8, 4) is 5.75 Å². The number of carbonyl (C=O) groups is 2. The van der Waals surface area contributed by atoms with E-state index in [9.17, 15) is 14.4 Å². The molecule has 9 nitrogen and oxygen atoms in total. The molecule has 0 bridgehead atoms. The lowest BCUT2D eigenvalue weighted by Crippen LogP contribution is -2.19. The second-order valence-electron chi connectivity index (χ2n) is 5.20. The van der Waals surface area contributed by atoms with Crippen LogP contribution in [0.3, 0.4) is 0 Å². The molecule has 1 amide bonds. The molecule has 0 unspecified atom stereocenters. The molecule has 0 aliphatic carbocycles. The van der Waals surface area contributed by atoms with Gasteiger partial charge in [-0.15, -0.1) is 0 Å². The van der Waals surface area contributed by atoms with Gasteiger partial charge in [0.05, 0.1) is 6.21 Å². The van der Waals surface area contributed by atoms with Gasteiger partial charge in [-0.1, -0.05) is 12.1 Å². The number of carbonyl (C=O) groups excluding carboxylic acids is 1. The molecule has 4 N–H and O–H groups in total. The summed E-state index contributed by atoms with van der Waals surface area (Å²) < 4.78 is 5.13. The van der Waals surface area contributed by atoms with Gasteiger partial charge in [-0.05, 0) is 25.5 Å². The summed E-state index contributed by atoms with van der Waals surface area (Å²) >= 11 is 0. The Labute approximate surface area is 142 Å². The Morgan fingerprint density at radius 2 is 2.08 bits per heavy atom. The summed E-state index contributed by atoms with van der Waals surface area (Å²) in [4.78, 5) is 33.9. The minimum Gasteiger partial charge on any atom is -0.481 e. The smallest absolute Gasteiger partial charge is 0.341 e. The number of para-hydroxylation sites is 1. The van der Waals surface area contributed by atoms with Crippen molar-refractivity contribution < 1.29 is 19.4 Å². The molecule has 0 saturated heterocycles. The first-order valence-electron chi connectivity index (χ1n) is 7.49. The zero-order valence-corrected chi connectivity index (χ0v) is 13.5. The van der Waals surface area contributed by atoms with Crippen LogP contribution in [-0.4, -0.2) is 40.0 Å². The highest BCUT2D eigenvalue weighted by atomic mass is 16.5. The predicted octanol–water partition coefficient (Wildman–Crippen LogP) is 0.558. The lowest BCUT2D eigenvalue weighted by molar-refractivity contribution is -0.139. The van der Waals surface area contributed by atoms with Gasteiger partial charge < -0.3 is 14.9 Å². The summed E-state index contributed by atoms with van der Waals surface area (Å²) in [5.74, 6) is -1.09. The van der Waals surface area contributed by atoms with Crippen molar-refractivity contribution in [1.29, 1.82) is 0 Å². The van der Waals surface area contributed by atoms with Gasteiger partial charge in [0.25, 0.3) is 5.56 Å². The number of aromatic nitrogens is 2. The third-order valence-electron chi connectivity index (χ3n) is 3.36. The van der Waals surface area contributed by atoms with E-state index in [0.29, 0.717) is 29.0 Å². The van der Waals surface area contributed by atoms with E-state index in [-0.39, 0.29) is 17.9 Å². The third-order valence-corrected chi connectivity index (χ3v) is 3.36. The van der Waals surface area contributed by atoms with Gasteiger partial charge in [0.1, 0.15) is 5.75 Å². The van der Waals surface area contributed by atoms with E-state index in [4.69, 9.17) is 9.84 Å². The Morgan fingerprint density at radius 3 is 2.76 bits per heavy atom. The molecule has 0 aliphatic rings. The Morgan fingerprint density at radius 1 is 1.32 bits per heavy atom. The number of nitrogens with zero attached hydrogens (tertiary/aromatic N) is 1. The monoisotopic (exact) mass is 346 g/mol. The third kappa shape index (κ3) is 5.34. The van der Waals surface area contributed by atoms with Crippen LogP contribution in [0.1, 0.15) is 23.2 Å². The normalized spacial score (nSPS) is 10.8. The van der Waals surface area contributed by atoms with E-state index in [2.05, 4.69) is 20.7 Å². The first kappa shape index (κ1) is 18.0. The van der Waals surface area contributed by atoms with E-state index in [1.807, 2.05) is 0 Å². The highest BCUT2D eigenvalue weighted by molar-refractivity contribution is 5.85. The zero-order valence-electron chi connectivity index (χ0n) is 13.5. The number of amides is 1. The van der Waals surface area contributed by atoms with Crippen LogP contribution in [0.15, 0.2) is 34.2 Å². The molecule has 2 rings (SSSR count). The number of rotatable bonds is 8. The van der Waals surface area contributed by atoms with Crippen LogP contribution in [0.4, 0.5) is 0 Å². The second kappa shape index (κ2) is 8.48. The van der Waals surface area contributed by atoms with Gasteiger partial charge in [-0.2, -0.15) is 5.10 Å². The molecule has 1 aromatic carbocycles. The first-order valence-corrected chi connectivity index (χ1v) is 7.49. The van der Waals surface area contributed by atoms with Crippen LogP contribution in [0.25, 0.3) is 0 Å². The number of H-pyrrole nitrogens is 2. The Bertz CT molecular complexity index is 837. The van der Waals surface area contributed by atoms with E-state index in [0.717, 1.165) is 0 Å². The molecule has 0 atom stereocenters. The lowest BCUT2D eigenvalue weighted by Gasteiger charge is -2.06. The van der Waals surface area contributed by atoms with Crippen molar-refractivity contribution in [2.75, 3.05) is 6.61 Å². The number of carboxylic acid groups (broad SMARTS) is 1. The minimum atomic E-state index is -1.09. The van der Waals surface area contributed by atoms with E-state index in [1.165, 1.54) is 6.21 Å². The molecule has 25 heavy (non-hydrogen) atoms. The maximum absolute atomic E-state index is 11.8. The number of carboxylic acids is 1. The number of aliphatic carboxylic acids is 1. The van der Waals surface area contributed by atoms with Crippen LogP contribution >= 0.6 is 0 Å². The van der Waals surface area contributed by atoms with Crippen LogP contribution in [0, 0.1) is 6.92 Å². The Kier molecular flexibility index (Phi) is 6.10. The fourth-order valence-corrected chi connectivity index (χ4v) is 2.10. The Hall–Kier alpha value is -3.36.